The maximum atomic E-state index is 6.30. The molecule has 1 aliphatic carbocycles. The number of nitrogens with one attached hydrogen (secondary N) is 2. The number of rotatable bonds is 2. The van der Waals surface area contributed by atoms with E-state index < -0.39 is 0 Å². The number of hydrogen-bond acceptors (Lipinski definition) is 4. The van der Waals surface area contributed by atoms with Crippen LogP contribution in [0.15, 0.2) is 24.3 Å². The minimum absolute atomic E-state index is 0.331. The molecule has 0 radical (unpaired) electrons. The second-order valence-corrected chi connectivity index (χ2v) is 9.83. The van der Waals surface area contributed by atoms with E-state index in [1.165, 1.54) is 17.5 Å². The van der Waals surface area contributed by atoms with Crippen LogP contribution >= 0.6 is 0 Å². The molecule has 0 bridgehead atoms. The molecule has 5 nitrogen and oxygen atoms in total. The third-order valence-corrected chi connectivity index (χ3v) is 7.15. The molecule has 6 heteroatoms. The van der Waals surface area contributed by atoms with E-state index in [1.54, 1.807) is 0 Å². The van der Waals surface area contributed by atoms with Crippen molar-refractivity contribution >= 4 is 18.7 Å². The van der Waals surface area contributed by atoms with Gasteiger partial charge >= 0.3 is 7.12 Å². The van der Waals surface area contributed by atoms with E-state index >= 15 is 0 Å². The zero-order chi connectivity index (χ0) is 20.9. The number of fused-ring (bicyclic) bond motifs is 3. The molecule has 158 valence electrons. The first-order chi connectivity index (χ1) is 14.3. The van der Waals surface area contributed by atoms with E-state index in [9.17, 15) is 0 Å². The van der Waals surface area contributed by atoms with Gasteiger partial charge in [0, 0.05) is 5.56 Å². The molecule has 3 heterocycles. The largest absolute Gasteiger partial charge is 0.494 e. The lowest BCUT2D eigenvalue weighted by molar-refractivity contribution is 0.00578. The number of hydrogen-bond donors (Lipinski definition) is 2. The van der Waals surface area contributed by atoms with Gasteiger partial charge in [0.15, 0.2) is 0 Å². The van der Waals surface area contributed by atoms with Crippen LogP contribution in [0.4, 0.5) is 0 Å². The molecule has 0 spiro atoms. The molecule has 1 aromatic heterocycles. The first-order valence-electron chi connectivity index (χ1n) is 11.3. The minimum atomic E-state index is -0.331. The maximum Gasteiger partial charge on any atom is 0.494 e. The molecule has 1 aromatic carbocycles. The van der Waals surface area contributed by atoms with Gasteiger partial charge in [-0.25, -0.2) is 4.98 Å². The van der Waals surface area contributed by atoms with Gasteiger partial charge < -0.3 is 19.6 Å². The second-order valence-electron chi connectivity index (χ2n) is 9.83. The predicted octanol–water partition coefficient (Wildman–Crippen LogP) is 4.15. The van der Waals surface area contributed by atoms with Gasteiger partial charge in [-0.05, 0) is 83.4 Å². The summed E-state index contributed by atoms with van der Waals surface area (Å²) in [7, 11) is -0.331. The standard InChI is InChI=1S/C24H32BN3O2/c1-23(2)24(3,4)30-25(29-23)17-12-13-18-16(15-17)9-6-5-7-10-19-21(18)28-22(27-19)20-11-8-14-26-20/h7,10,12-13,15,20,26H,5-6,8-9,11,14H2,1-4H3,(H,27,28). The fourth-order valence-electron chi connectivity index (χ4n) is 4.60. The highest BCUT2D eigenvalue weighted by molar-refractivity contribution is 6.62. The van der Waals surface area contributed by atoms with Crippen molar-refractivity contribution in [1.82, 2.24) is 15.3 Å². The molecule has 2 fully saturated rings. The Bertz CT molecular complexity index is 957. The van der Waals surface area contributed by atoms with Crippen molar-refractivity contribution in [3.8, 4) is 11.3 Å². The van der Waals surface area contributed by atoms with Crippen molar-refractivity contribution in [3.05, 3.63) is 41.4 Å². The second kappa shape index (κ2) is 7.36. The van der Waals surface area contributed by atoms with E-state index in [1.807, 2.05) is 0 Å². The fourth-order valence-corrected chi connectivity index (χ4v) is 4.60. The van der Waals surface area contributed by atoms with Crippen molar-refractivity contribution < 1.29 is 9.31 Å². The summed E-state index contributed by atoms with van der Waals surface area (Å²) in [6.45, 7) is 9.48. The summed E-state index contributed by atoms with van der Waals surface area (Å²) in [4.78, 5) is 8.65. The van der Waals surface area contributed by atoms with Gasteiger partial charge in [0.05, 0.1) is 28.6 Å². The molecule has 0 saturated carbocycles. The van der Waals surface area contributed by atoms with E-state index in [0.29, 0.717) is 6.04 Å². The number of nitrogens with zero attached hydrogens (tertiary/aromatic N) is 1. The molecule has 30 heavy (non-hydrogen) atoms. The van der Waals surface area contributed by atoms with Crippen LogP contribution in [-0.4, -0.2) is 34.8 Å². The molecular weight excluding hydrogens is 373 g/mol. The lowest BCUT2D eigenvalue weighted by Gasteiger charge is -2.32. The number of aromatic amines is 1. The highest BCUT2D eigenvalue weighted by Gasteiger charge is 2.51. The third kappa shape index (κ3) is 3.45. The van der Waals surface area contributed by atoms with Crippen LogP contribution in [-0.2, 0) is 15.7 Å². The average Bonchev–Trinajstić information content (AvgIpc) is 3.40. The molecule has 1 unspecified atom stereocenters. The summed E-state index contributed by atoms with van der Waals surface area (Å²) < 4.78 is 12.6. The minimum Gasteiger partial charge on any atom is -0.399 e. The quantitative estimate of drug-likeness (QED) is 0.737. The van der Waals surface area contributed by atoms with Gasteiger partial charge in [-0.1, -0.05) is 24.3 Å². The number of aryl methyl sites for hydroxylation is 1. The number of benzene rings is 1. The number of imidazole rings is 1. The molecule has 2 aromatic rings. The monoisotopic (exact) mass is 405 g/mol. The Balaban J connectivity index is 1.52. The first kappa shape index (κ1) is 20.0. The van der Waals surface area contributed by atoms with E-state index in [4.69, 9.17) is 14.3 Å². The molecule has 0 amide bonds. The Morgan fingerprint density at radius 3 is 2.63 bits per heavy atom. The first-order valence-corrected chi connectivity index (χ1v) is 11.3. The lowest BCUT2D eigenvalue weighted by Crippen LogP contribution is -2.41. The number of H-pyrrole nitrogens is 1. The normalized spacial score (nSPS) is 24.8. The van der Waals surface area contributed by atoms with Gasteiger partial charge in [-0.15, -0.1) is 0 Å². The zero-order valence-electron chi connectivity index (χ0n) is 18.5. The Kier molecular flexibility index (Phi) is 4.92. The van der Waals surface area contributed by atoms with Crippen LogP contribution in [0.5, 0.6) is 0 Å². The summed E-state index contributed by atoms with van der Waals surface area (Å²) in [6.07, 6.45) is 10.0. The Morgan fingerprint density at radius 1 is 1.10 bits per heavy atom. The predicted molar refractivity (Wildman–Crippen MR) is 122 cm³/mol. The average molecular weight is 405 g/mol. The lowest BCUT2D eigenvalue weighted by atomic mass is 9.77. The molecular formula is C24H32BN3O2. The summed E-state index contributed by atoms with van der Waals surface area (Å²) in [5, 5.41) is 3.56. The van der Waals surface area contributed by atoms with Gasteiger partial charge in [-0.2, -0.15) is 0 Å². The maximum absolute atomic E-state index is 6.30. The number of aromatic nitrogens is 2. The van der Waals surface area contributed by atoms with E-state index in [-0.39, 0.29) is 18.3 Å². The van der Waals surface area contributed by atoms with Crippen molar-refractivity contribution in [1.29, 1.82) is 0 Å². The molecule has 1 atom stereocenters. The molecule has 2 saturated heterocycles. The van der Waals surface area contributed by atoms with Crippen molar-refractivity contribution in [2.24, 2.45) is 0 Å². The molecule has 2 aliphatic heterocycles. The Hall–Kier alpha value is -1.89. The van der Waals surface area contributed by atoms with Gasteiger partial charge in [0.25, 0.3) is 0 Å². The van der Waals surface area contributed by atoms with Gasteiger partial charge in [0.1, 0.15) is 5.82 Å². The van der Waals surface area contributed by atoms with E-state index in [2.05, 4.69) is 68.3 Å². The smallest absolute Gasteiger partial charge is 0.399 e. The van der Waals surface area contributed by atoms with Crippen LogP contribution in [0, 0.1) is 0 Å². The summed E-state index contributed by atoms with van der Waals surface area (Å²) in [5.74, 6) is 1.06. The molecule has 3 aliphatic rings. The number of allylic oxidation sites excluding steroid dienone is 1. The Labute approximate surface area is 179 Å². The third-order valence-electron chi connectivity index (χ3n) is 7.15. The van der Waals surface area contributed by atoms with Crippen LogP contribution < -0.4 is 10.8 Å². The van der Waals surface area contributed by atoms with Crippen LogP contribution in [0.3, 0.4) is 0 Å². The molecule has 2 N–H and O–H groups in total. The van der Waals surface area contributed by atoms with Crippen molar-refractivity contribution in [3.63, 3.8) is 0 Å². The summed E-state index contributed by atoms with van der Waals surface area (Å²) in [5.41, 5.74) is 5.15. The zero-order valence-corrected chi connectivity index (χ0v) is 18.5. The highest BCUT2D eigenvalue weighted by Crippen LogP contribution is 2.37. The highest BCUT2D eigenvalue weighted by atomic mass is 16.7. The van der Waals surface area contributed by atoms with Crippen molar-refractivity contribution in [2.75, 3.05) is 6.54 Å². The summed E-state index contributed by atoms with van der Waals surface area (Å²) in [6, 6.07) is 6.96. The van der Waals surface area contributed by atoms with Gasteiger partial charge in [0.2, 0.25) is 0 Å². The van der Waals surface area contributed by atoms with Crippen LogP contribution in [0.25, 0.3) is 17.3 Å². The topological polar surface area (TPSA) is 59.2 Å². The SMILES string of the molecule is CC1(C)OB(c2ccc3c(c2)CCCC=Cc2[nH]c(C4CCCN4)nc2-3)OC1(C)C. The fraction of sp³-hybridized carbons (Fsp3) is 0.542. The molecule has 5 rings (SSSR count). The van der Waals surface area contributed by atoms with E-state index in [0.717, 1.165) is 54.9 Å². The summed E-state index contributed by atoms with van der Waals surface area (Å²) >= 11 is 0. The van der Waals surface area contributed by atoms with Crippen molar-refractivity contribution in [2.45, 2.75) is 77.0 Å². The van der Waals surface area contributed by atoms with Crippen LogP contribution in [0.1, 0.15) is 76.5 Å². The van der Waals surface area contributed by atoms with Crippen LogP contribution in [0.2, 0.25) is 0 Å². The Morgan fingerprint density at radius 2 is 1.90 bits per heavy atom. The van der Waals surface area contributed by atoms with Gasteiger partial charge in [-0.3, -0.25) is 0 Å².